The minimum Gasteiger partial charge on any atom is -0.494 e. The molecule has 1 amide bonds. The van der Waals surface area contributed by atoms with Gasteiger partial charge >= 0.3 is 5.97 Å². The molecule has 42 heavy (non-hydrogen) atoms. The van der Waals surface area contributed by atoms with Gasteiger partial charge in [-0.3, -0.25) is 4.79 Å². The number of ether oxygens (including phenoxy) is 3. The highest BCUT2D eigenvalue weighted by Gasteiger charge is 2.24. The molecule has 5 rings (SSSR count). The average molecular weight is 581 g/mol. The van der Waals surface area contributed by atoms with Crippen molar-refractivity contribution in [3.05, 3.63) is 95.4 Å². The first-order valence-corrected chi connectivity index (χ1v) is 14.8. The van der Waals surface area contributed by atoms with Gasteiger partial charge in [0.25, 0.3) is 5.91 Å². The van der Waals surface area contributed by atoms with E-state index < -0.39 is 5.97 Å². The molecule has 1 N–H and O–H groups in total. The number of benzene rings is 3. The van der Waals surface area contributed by atoms with Gasteiger partial charge in [0.1, 0.15) is 22.1 Å². The lowest BCUT2D eigenvalue weighted by Crippen LogP contribution is -2.15. The van der Waals surface area contributed by atoms with Gasteiger partial charge in [-0.1, -0.05) is 30.3 Å². The molecule has 0 bridgehead atoms. The molecule has 0 aliphatic carbocycles. The Morgan fingerprint density at radius 2 is 1.57 bits per heavy atom. The van der Waals surface area contributed by atoms with Crippen LogP contribution in [0.15, 0.2) is 84.2 Å². The number of carbonyl (C=O) groups is 2. The lowest BCUT2D eigenvalue weighted by atomic mass is 10.0. The molecule has 0 atom stereocenters. The maximum Gasteiger partial charge on any atom is 0.341 e. The summed E-state index contributed by atoms with van der Waals surface area (Å²) in [6.45, 7) is 8.41. The molecule has 0 spiro atoms. The number of nitrogens with one attached hydrogen (secondary N) is 1. The third-order valence-electron chi connectivity index (χ3n) is 6.46. The van der Waals surface area contributed by atoms with Gasteiger partial charge in [-0.2, -0.15) is 0 Å². The molecule has 3 aromatic carbocycles. The maximum absolute atomic E-state index is 13.9. The Hall–Kier alpha value is -4.69. The minimum atomic E-state index is -0.498. The van der Waals surface area contributed by atoms with Crippen LogP contribution in [0.2, 0.25) is 0 Å². The number of esters is 1. The summed E-state index contributed by atoms with van der Waals surface area (Å²) in [6.07, 6.45) is 0.0663. The normalized spacial score (nSPS) is 11.0. The van der Waals surface area contributed by atoms with Crippen molar-refractivity contribution in [2.45, 2.75) is 33.8 Å². The number of fused-ring (bicyclic) bond motifs is 1. The Bertz CT molecular complexity index is 1710. The van der Waals surface area contributed by atoms with Crippen LogP contribution in [0.4, 0.5) is 5.00 Å². The summed E-state index contributed by atoms with van der Waals surface area (Å²) >= 11 is 1.28. The second-order valence-electron chi connectivity index (χ2n) is 9.75. The molecule has 8 heteroatoms. The third kappa shape index (κ3) is 6.29. The molecule has 5 aromatic rings. The van der Waals surface area contributed by atoms with Crippen LogP contribution >= 0.6 is 11.3 Å². The van der Waals surface area contributed by atoms with Crippen LogP contribution < -0.4 is 14.8 Å². The molecule has 0 unspecified atom stereocenters. The number of anilines is 1. The summed E-state index contributed by atoms with van der Waals surface area (Å²) in [6, 6.07) is 24.4. The first kappa shape index (κ1) is 28.8. The van der Waals surface area contributed by atoms with E-state index in [0.717, 1.165) is 22.6 Å². The van der Waals surface area contributed by atoms with Crippen LogP contribution in [0.25, 0.3) is 33.3 Å². The fourth-order valence-corrected chi connectivity index (χ4v) is 5.58. The average Bonchev–Trinajstić information content (AvgIpc) is 3.41. The van der Waals surface area contributed by atoms with Crippen LogP contribution in [0.3, 0.4) is 0 Å². The predicted molar refractivity (Wildman–Crippen MR) is 168 cm³/mol. The Balaban J connectivity index is 1.52. The second kappa shape index (κ2) is 12.9. The van der Waals surface area contributed by atoms with E-state index in [1.807, 2.05) is 98.9 Å². The Kier molecular flexibility index (Phi) is 8.83. The highest BCUT2D eigenvalue weighted by Crippen LogP contribution is 2.37. The molecule has 0 fully saturated rings. The van der Waals surface area contributed by atoms with Gasteiger partial charge in [-0.15, -0.1) is 11.3 Å². The van der Waals surface area contributed by atoms with Crippen LogP contribution in [-0.2, 0) is 4.74 Å². The lowest BCUT2D eigenvalue weighted by Gasteiger charge is -2.13. The topological polar surface area (TPSA) is 86.8 Å². The molecular weight excluding hydrogens is 548 g/mol. The first-order valence-electron chi connectivity index (χ1n) is 13.9. The van der Waals surface area contributed by atoms with E-state index in [1.165, 1.54) is 11.3 Å². The van der Waals surface area contributed by atoms with Crippen molar-refractivity contribution in [2.75, 3.05) is 18.5 Å². The van der Waals surface area contributed by atoms with Crippen molar-refractivity contribution in [1.82, 2.24) is 4.98 Å². The number of aromatic nitrogens is 1. The number of nitrogens with zero attached hydrogens (tertiary/aromatic N) is 1. The Labute approximate surface area is 249 Å². The quantitative estimate of drug-likeness (QED) is 0.167. The van der Waals surface area contributed by atoms with E-state index in [0.29, 0.717) is 44.9 Å². The van der Waals surface area contributed by atoms with Crippen LogP contribution in [0.5, 0.6) is 11.5 Å². The van der Waals surface area contributed by atoms with E-state index in [4.69, 9.17) is 19.2 Å². The van der Waals surface area contributed by atoms with E-state index in [1.54, 1.807) is 13.0 Å². The smallest absolute Gasteiger partial charge is 0.341 e. The fourth-order valence-electron chi connectivity index (χ4n) is 4.62. The number of hydrogen-bond acceptors (Lipinski definition) is 7. The van der Waals surface area contributed by atoms with Crippen LogP contribution in [0.1, 0.15) is 48.4 Å². The number of rotatable bonds is 10. The number of thiophene rings is 1. The zero-order valence-corrected chi connectivity index (χ0v) is 24.8. The molecular formula is C34H32N2O5S. The number of para-hydroxylation sites is 1. The molecule has 2 aromatic heterocycles. The maximum atomic E-state index is 13.9. The van der Waals surface area contributed by atoms with E-state index in [-0.39, 0.29) is 18.6 Å². The van der Waals surface area contributed by atoms with Gasteiger partial charge in [-0.25, -0.2) is 9.78 Å². The monoisotopic (exact) mass is 580 g/mol. The number of carbonyl (C=O) groups excluding carboxylic acids is 2. The summed E-state index contributed by atoms with van der Waals surface area (Å²) < 4.78 is 16.7. The standard InChI is InChI=1S/C34H32N2O5S/c1-5-39-24-15-11-22(12-16-24)28-20-42-33(31(28)34(38)40-6-2)36-32(37)27-19-30(35-29-10-8-7-9-26(27)29)23-13-17-25(18-14-23)41-21(3)4/h7-21H,5-6H2,1-4H3,(H,36,37). The van der Waals surface area contributed by atoms with Crippen molar-refractivity contribution >= 4 is 39.1 Å². The Morgan fingerprint density at radius 1 is 0.881 bits per heavy atom. The van der Waals surface area contributed by atoms with Gasteiger partial charge in [-0.05, 0) is 81.8 Å². The largest absolute Gasteiger partial charge is 0.494 e. The van der Waals surface area contributed by atoms with Gasteiger partial charge in [0.2, 0.25) is 0 Å². The van der Waals surface area contributed by atoms with Gasteiger partial charge in [0, 0.05) is 21.9 Å². The molecule has 214 valence electrons. The molecule has 0 saturated heterocycles. The lowest BCUT2D eigenvalue weighted by molar-refractivity contribution is 0.0529. The first-order chi connectivity index (χ1) is 20.4. The molecule has 0 saturated carbocycles. The second-order valence-corrected chi connectivity index (χ2v) is 10.6. The van der Waals surface area contributed by atoms with Crippen molar-refractivity contribution < 1.29 is 23.8 Å². The molecule has 0 radical (unpaired) electrons. The SMILES string of the molecule is CCOC(=O)c1c(-c2ccc(OCC)cc2)csc1NC(=O)c1cc(-c2ccc(OC(C)C)cc2)nc2ccccc12. The van der Waals surface area contributed by atoms with Gasteiger partial charge in [0.05, 0.1) is 36.1 Å². The van der Waals surface area contributed by atoms with Crippen molar-refractivity contribution in [2.24, 2.45) is 0 Å². The van der Waals surface area contributed by atoms with E-state index >= 15 is 0 Å². The van der Waals surface area contributed by atoms with Crippen molar-refractivity contribution in [3.8, 4) is 33.9 Å². The van der Waals surface area contributed by atoms with Crippen LogP contribution in [-0.4, -0.2) is 36.2 Å². The predicted octanol–water partition coefficient (Wildman–Crippen LogP) is 8.25. The van der Waals surface area contributed by atoms with E-state index in [2.05, 4.69) is 5.32 Å². The van der Waals surface area contributed by atoms with Crippen molar-refractivity contribution in [1.29, 1.82) is 0 Å². The molecule has 0 aliphatic heterocycles. The van der Waals surface area contributed by atoms with E-state index in [9.17, 15) is 9.59 Å². The number of hydrogen-bond donors (Lipinski definition) is 1. The summed E-state index contributed by atoms with van der Waals surface area (Å²) in [5.41, 5.74) is 4.46. The highest BCUT2D eigenvalue weighted by molar-refractivity contribution is 7.15. The zero-order valence-electron chi connectivity index (χ0n) is 24.0. The summed E-state index contributed by atoms with van der Waals surface area (Å²) in [5.74, 6) is 0.660. The summed E-state index contributed by atoms with van der Waals surface area (Å²) in [7, 11) is 0. The zero-order chi connectivity index (χ0) is 29.6. The minimum absolute atomic E-state index is 0.0663. The fraction of sp³-hybridized carbons (Fsp3) is 0.206. The molecule has 2 heterocycles. The number of pyridine rings is 1. The highest BCUT2D eigenvalue weighted by atomic mass is 32.1. The van der Waals surface area contributed by atoms with Gasteiger partial charge in [0.15, 0.2) is 0 Å². The van der Waals surface area contributed by atoms with Gasteiger partial charge < -0.3 is 19.5 Å². The van der Waals surface area contributed by atoms with Crippen LogP contribution in [0, 0.1) is 0 Å². The summed E-state index contributed by atoms with van der Waals surface area (Å²) in [5, 5.41) is 5.98. The van der Waals surface area contributed by atoms with Crippen molar-refractivity contribution in [3.63, 3.8) is 0 Å². The number of amides is 1. The molecule has 0 aliphatic rings. The molecule has 7 nitrogen and oxygen atoms in total. The summed E-state index contributed by atoms with van der Waals surface area (Å²) in [4.78, 5) is 31.8. The third-order valence-corrected chi connectivity index (χ3v) is 7.35. The Morgan fingerprint density at radius 3 is 2.26 bits per heavy atom.